The van der Waals surface area contributed by atoms with E-state index in [1.807, 2.05) is 53.1 Å². The zero-order valence-corrected chi connectivity index (χ0v) is 21.0. The smallest absolute Gasteiger partial charge is 0.230 e. The average molecular weight is 496 g/mol. The van der Waals surface area contributed by atoms with Gasteiger partial charge in [-0.2, -0.15) is 0 Å². The molecule has 34 heavy (non-hydrogen) atoms. The molecule has 178 valence electrons. The van der Waals surface area contributed by atoms with E-state index in [1.165, 1.54) is 16.6 Å². The molecule has 1 N–H and O–H groups in total. The molecule has 3 aromatic heterocycles. The lowest BCUT2D eigenvalue weighted by Crippen LogP contribution is -2.38. The zero-order chi connectivity index (χ0) is 23.8. The van der Waals surface area contributed by atoms with Gasteiger partial charge in [0, 0.05) is 23.5 Å². The summed E-state index contributed by atoms with van der Waals surface area (Å²) in [5, 5.41) is 14.7. The summed E-state index contributed by atoms with van der Waals surface area (Å²) in [6.07, 6.45) is 2.37. The fourth-order valence-corrected chi connectivity index (χ4v) is 5.36. The van der Waals surface area contributed by atoms with Crippen LogP contribution >= 0.6 is 23.1 Å². The summed E-state index contributed by atoms with van der Waals surface area (Å²) in [4.78, 5) is 16.3. The highest BCUT2D eigenvalue weighted by atomic mass is 32.2. The van der Waals surface area contributed by atoms with Gasteiger partial charge in [0.05, 0.1) is 18.1 Å². The zero-order valence-electron chi connectivity index (χ0n) is 19.4. The fraction of sp³-hybridized carbons (Fsp3) is 0.320. The van der Waals surface area contributed by atoms with Gasteiger partial charge in [-0.05, 0) is 48.8 Å². The number of amides is 1. The molecule has 0 radical (unpaired) electrons. The second kappa shape index (κ2) is 12.0. The molecule has 3 heterocycles. The Morgan fingerprint density at radius 3 is 2.62 bits per heavy atom. The first kappa shape index (κ1) is 24.3. The van der Waals surface area contributed by atoms with Crippen molar-refractivity contribution in [3.05, 3.63) is 82.7 Å². The maximum absolute atomic E-state index is 12.8. The number of thioether (sulfide) groups is 1. The van der Waals surface area contributed by atoms with Crippen LogP contribution in [0.4, 0.5) is 0 Å². The van der Waals surface area contributed by atoms with Crippen molar-refractivity contribution in [1.82, 2.24) is 25.0 Å². The Bertz CT molecular complexity index is 1140. The Labute approximate surface area is 208 Å². The molecule has 0 saturated heterocycles. The number of aromatic nitrogens is 3. The molecule has 0 fully saturated rings. The predicted molar refractivity (Wildman–Crippen MR) is 137 cm³/mol. The van der Waals surface area contributed by atoms with Crippen LogP contribution in [-0.2, 0) is 11.2 Å². The second-order valence-corrected chi connectivity index (χ2v) is 9.65. The lowest BCUT2D eigenvalue weighted by molar-refractivity contribution is -0.118. The number of carbonyl (C=O) groups is 1. The third-order valence-corrected chi connectivity index (χ3v) is 7.38. The van der Waals surface area contributed by atoms with E-state index in [0.717, 1.165) is 30.4 Å². The Morgan fingerprint density at radius 2 is 1.94 bits per heavy atom. The fourth-order valence-electron chi connectivity index (χ4n) is 3.86. The Hall–Kier alpha value is -2.88. The van der Waals surface area contributed by atoms with E-state index in [4.69, 9.17) is 4.42 Å². The normalized spacial score (nSPS) is 12.2. The molecule has 4 rings (SSSR count). The Morgan fingerprint density at radius 1 is 1.12 bits per heavy atom. The average Bonchev–Trinajstić information content (AvgIpc) is 3.64. The third-order valence-electron chi connectivity index (χ3n) is 5.58. The van der Waals surface area contributed by atoms with Crippen LogP contribution in [0.5, 0.6) is 0 Å². The van der Waals surface area contributed by atoms with E-state index in [-0.39, 0.29) is 17.7 Å². The van der Waals surface area contributed by atoms with Crippen LogP contribution in [-0.4, -0.2) is 51.0 Å². The number of rotatable bonds is 12. The third kappa shape index (κ3) is 5.97. The molecule has 0 aliphatic carbocycles. The molecule has 0 spiro atoms. The van der Waals surface area contributed by atoms with E-state index in [9.17, 15) is 4.79 Å². The number of para-hydroxylation sites is 1. The number of thiophene rings is 1. The monoisotopic (exact) mass is 495 g/mol. The van der Waals surface area contributed by atoms with Gasteiger partial charge in [-0.3, -0.25) is 14.3 Å². The highest BCUT2D eigenvalue weighted by Crippen LogP contribution is 2.25. The van der Waals surface area contributed by atoms with Gasteiger partial charge in [-0.1, -0.05) is 49.9 Å². The van der Waals surface area contributed by atoms with Crippen molar-refractivity contribution in [2.24, 2.45) is 0 Å². The summed E-state index contributed by atoms with van der Waals surface area (Å²) in [5.74, 6) is 1.93. The van der Waals surface area contributed by atoms with Gasteiger partial charge in [0.25, 0.3) is 0 Å². The molecule has 1 atom stereocenters. The Kier molecular flexibility index (Phi) is 8.56. The van der Waals surface area contributed by atoms with Gasteiger partial charge in [0.1, 0.15) is 11.6 Å². The Balaban J connectivity index is 1.43. The summed E-state index contributed by atoms with van der Waals surface area (Å²) in [6, 6.07) is 18.0. The molecular weight excluding hydrogens is 466 g/mol. The number of benzene rings is 1. The van der Waals surface area contributed by atoms with E-state index in [2.05, 4.69) is 45.7 Å². The van der Waals surface area contributed by atoms with Crippen LogP contribution in [0.1, 0.15) is 36.4 Å². The van der Waals surface area contributed by atoms with Crippen LogP contribution in [0.15, 0.2) is 75.8 Å². The number of likely N-dealkylation sites (N-methyl/N-ethyl adjacent to an activating group) is 1. The number of hydrogen-bond acceptors (Lipinski definition) is 7. The molecule has 0 unspecified atom stereocenters. The van der Waals surface area contributed by atoms with Crippen molar-refractivity contribution >= 4 is 29.0 Å². The number of carbonyl (C=O) groups excluding carboxylic acids is 1. The van der Waals surface area contributed by atoms with Gasteiger partial charge in [-0.25, -0.2) is 0 Å². The van der Waals surface area contributed by atoms with Gasteiger partial charge < -0.3 is 9.73 Å². The van der Waals surface area contributed by atoms with E-state index < -0.39 is 0 Å². The molecule has 7 nitrogen and oxygen atoms in total. The molecule has 1 aromatic carbocycles. The summed E-state index contributed by atoms with van der Waals surface area (Å²) in [5.41, 5.74) is 0.987. The lowest BCUT2D eigenvalue weighted by atomic mass is 10.2. The van der Waals surface area contributed by atoms with Crippen molar-refractivity contribution in [3.8, 4) is 5.69 Å². The molecule has 0 aliphatic heterocycles. The topological polar surface area (TPSA) is 76.2 Å². The van der Waals surface area contributed by atoms with Crippen LogP contribution < -0.4 is 5.32 Å². The van der Waals surface area contributed by atoms with Crippen molar-refractivity contribution in [3.63, 3.8) is 0 Å². The van der Waals surface area contributed by atoms with Crippen molar-refractivity contribution in [1.29, 1.82) is 0 Å². The quantitative estimate of drug-likeness (QED) is 0.285. The minimum absolute atomic E-state index is 0.00400. The molecule has 4 aromatic rings. The maximum Gasteiger partial charge on any atom is 0.230 e. The van der Waals surface area contributed by atoms with Crippen LogP contribution in [0.3, 0.4) is 0 Å². The number of hydrogen-bond donors (Lipinski definition) is 1. The predicted octanol–water partition coefficient (Wildman–Crippen LogP) is 4.80. The maximum atomic E-state index is 12.8. The number of nitrogens with one attached hydrogen (secondary N) is 1. The molecular formula is C25H29N5O2S2. The number of furan rings is 1. The highest BCUT2D eigenvalue weighted by molar-refractivity contribution is 7.99. The molecule has 9 heteroatoms. The SMILES string of the molecule is CCN(CC)[C@@H](CNC(=O)CSc1nnc(Cc2cccs2)n1-c1ccccc1)c1ccco1. The van der Waals surface area contributed by atoms with E-state index in [1.54, 1.807) is 17.6 Å². The molecule has 0 saturated carbocycles. The standard InChI is InChI=1S/C25H29N5O2S2/c1-3-29(4-2)21(22-13-8-14-32-22)17-26-24(31)18-34-25-28-27-23(16-20-12-9-15-33-20)30(25)19-10-6-5-7-11-19/h5-15,21H,3-4,16-18H2,1-2H3,(H,26,31)/t21-/m0/s1. The number of nitrogens with zero attached hydrogens (tertiary/aromatic N) is 4. The first-order chi connectivity index (χ1) is 16.7. The van der Waals surface area contributed by atoms with Gasteiger partial charge in [0.15, 0.2) is 5.16 Å². The summed E-state index contributed by atoms with van der Waals surface area (Å²) < 4.78 is 7.67. The summed E-state index contributed by atoms with van der Waals surface area (Å²) in [6.45, 7) is 6.46. The van der Waals surface area contributed by atoms with E-state index in [0.29, 0.717) is 18.1 Å². The summed E-state index contributed by atoms with van der Waals surface area (Å²) >= 11 is 3.10. The van der Waals surface area contributed by atoms with Gasteiger partial charge in [0.2, 0.25) is 5.91 Å². The van der Waals surface area contributed by atoms with Gasteiger partial charge in [-0.15, -0.1) is 21.5 Å². The first-order valence-electron chi connectivity index (χ1n) is 11.4. The minimum atomic E-state index is -0.0452. The van der Waals surface area contributed by atoms with Crippen LogP contribution in [0.25, 0.3) is 5.69 Å². The van der Waals surface area contributed by atoms with Crippen LogP contribution in [0.2, 0.25) is 0 Å². The van der Waals surface area contributed by atoms with Crippen molar-refractivity contribution in [2.75, 3.05) is 25.4 Å². The molecule has 1 amide bonds. The van der Waals surface area contributed by atoms with Crippen molar-refractivity contribution < 1.29 is 9.21 Å². The lowest BCUT2D eigenvalue weighted by Gasteiger charge is -2.28. The largest absolute Gasteiger partial charge is 0.468 e. The molecule has 0 aliphatic rings. The second-order valence-electron chi connectivity index (χ2n) is 7.67. The van der Waals surface area contributed by atoms with Crippen molar-refractivity contribution in [2.45, 2.75) is 31.5 Å². The van der Waals surface area contributed by atoms with Gasteiger partial charge >= 0.3 is 0 Å². The highest BCUT2D eigenvalue weighted by Gasteiger charge is 2.22. The minimum Gasteiger partial charge on any atom is -0.468 e. The summed E-state index contributed by atoms with van der Waals surface area (Å²) in [7, 11) is 0. The van der Waals surface area contributed by atoms with E-state index >= 15 is 0 Å². The first-order valence-corrected chi connectivity index (χ1v) is 13.2. The van der Waals surface area contributed by atoms with Crippen LogP contribution in [0, 0.1) is 0 Å². The molecule has 0 bridgehead atoms.